The van der Waals surface area contributed by atoms with Crippen molar-refractivity contribution in [2.45, 2.75) is 25.5 Å². The van der Waals surface area contributed by atoms with Gasteiger partial charge in [0.05, 0.1) is 12.1 Å². The second-order valence-electron chi connectivity index (χ2n) is 5.49. The topological polar surface area (TPSA) is 30.5 Å². The fourth-order valence-corrected chi connectivity index (χ4v) is 2.97. The molecule has 0 unspecified atom stereocenters. The molecule has 0 saturated heterocycles. The number of fused-ring (bicyclic) bond motifs is 1. The average Bonchev–Trinajstić information content (AvgIpc) is 2.55. The minimum absolute atomic E-state index is 0.182. The van der Waals surface area contributed by atoms with Crippen molar-refractivity contribution in [1.82, 2.24) is 5.32 Å². The largest absolute Gasteiger partial charge is 0.495 e. The lowest BCUT2D eigenvalue weighted by Crippen LogP contribution is -2.33. The fraction of sp³-hybridized carbons (Fsp3) is 0.333. The highest BCUT2D eigenvalue weighted by molar-refractivity contribution is 6.32. The van der Waals surface area contributed by atoms with Crippen LogP contribution in [0.25, 0.3) is 0 Å². The highest BCUT2D eigenvalue weighted by atomic mass is 35.5. The molecule has 3 rings (SSSR count). The number of ether oxygens (including phenoxy) is 2. The molecule has 3 nitrogen and oxygen atoms in total. The van der Waals surface area contributed by atoms with Gasteiger partial charge >= 0.3 is 0 Å². The van der Waals surface area contributed by atoms with Crippen LogP contribution in [-0.2, 0) is 13.0 Å². The smallest absolute Gasteiger partial charge is 0.141 e. The molecule has 1 heterocycles. The lowest BCUT2D eigenvalue weighted by molar-refractivity contribution is 0.169. The third-order valence-electron chi connectivity index (χ3n) is 3.91. The number of nitrogens with one attached hydrogen (secondary N) is 1. The van der Waals surface area contributed by atoms with Crippen molar-refractivity contribution in [2.75, 3.05) is 13.7 Å². The van der Waals surface area contributed by atoms with Crippen LogP contribution >= 0.6 is 11.6 Å². The lowest BCUT2D eigenvalue weighted by atomic mass is 10.0. The Morgan fingerprint density at radius 2 is 2.09 bits per heavy atom. The van der Waals surface area contributed by atoms with Crippen LogP contribution in [0.2, 0.25) is 5.02 Å². The summed E-state index contributed by atoms with van der Waals surface area (Å²) >= 11 is 6.16. The van der Waals surface area contributed by atoms with Crippen LogP contribution in [0.3, 0.4) is 0 Å². The van der Waals surface area contributed by atoms with Crippen LogP contribution in [0.4, 0.5) is 0 Å². The van der Waals surface area contributed by atoms with Gasteiger partial charge in [-0.3, -0.25) is 0 Å². The normalized spacial score (nSPS) is 16.7. The van der Waals surface area contributed by atoms with Crippen molar-refractivity contribution in [2.24, 2.45) is 0 Å². The highest BCUT2D eigenvalue weighted by Crippen LogP contribution is 2.36. The molecule has 1 atom stereocenters. The first-order chi connectivity index (χ1) is 10.8. The van der Waals surface area contributed by atoms with E-state index in [2.05, 4.69) is 29.6 Å². The quantitative estimate of drug-likeness (QED) is 0.909. The van der Waals surface area contributed by atoms with Crippen molar-refractivity contribution < 1.29 is 9.47 Å². The van der Waals surface area contributed by atoms with E-state index in [4.69, 9.17) is 21.1 Å². The van der Waals surface area contributed by atoms with Gasteiger partial charge in [-0.1, -0.05) is 41.9 Å². The standard InChI is InChI=1S/C18H20ClNO2/c1-21-18-10-17-14(9-16(18)19)7-8-15(22-17)12-20-11-13-5-3-2-4-6-13/h2-6,9-10,15,20H,7-8,11-12H2,1H3/t15-/m1/s1. The van der Waals surface area contributed by atoms with E-state index < -0.39 is 0 Å². The van der Waals surface area contributed by atoms with E-state index in [1.807, 2.05) is 18.2 Å². The number of rotatable bonds is 5. The van der Waals surface area contributed by atoms with Crippen molar-refractivity contribution in [1.29, 1.82) is 0 Å². The summed E-state index contributed by atoms with van der Waals surface area (Å²) < 4.78 is 11.3. The second kappa shape index (κ2) is 7.03. The van der Waals surface area contributed by atoms with Crippen LogP contribution in [-0.4, -0.2) is 19.8 Å². The number of methoxy groups -OCH3 is 1. The summed E-state index contributed by atoms with van der Waals surface area (Å²) in [7, 11) is 1.62. The maximum absolute atomic E-state index is 6.16. The maximum atomic E-state index is 6.16. The predicted octanol–water partition coefficient (Wildman–Crippen LogP) is 3.83. The monoisotopic (exact) mass is 317 g/mol. The van der Waals surface area contributed by atoms with Gasteiger partial charge in [0, 0.05) is 19.2 Å². The molecule has 2 aromatic rings. The summed E-state index contributed by atoms with van der Waals surface area (Å²) in [5.41, 5.74) is 2.44. The molecule has 4 heteroatoms. The van der Waals surface area contributed by atoms with Crippen LogP contribution in [0, 0.1) is 0 Å². The van der Waals surface area contributed by atoms with Crippen LogP contribution in [0.5, 0.6) is 11.5 Å². The van der Waals surface area contributed by atoms with Crippen LogP contribution in [0.1, 0.15) is 17.5 Å². The summed E-state index contributed by atoms with van der Waals surface area (Å²) in [4.78, 5) is 0. The molecule has 0 bridgehead atoms. The molecule has 22 heavy (non-hydrogen) atoms. The Morgan fingerprint density at radius 1 is 1.27 bits per heavy atom. The van der Waals surface area contributed by atoms with Gasteiger partial charge in [-0.15, -0.1) is 0 Å². The Hall–Kier alpha value is -1.71. The zero-order valence-corrected chi connectivity index (χ0v) is 13.4. The summed E-state index contributed by atoms with van der Waals surface area (Å²) in [6.07, 6.45) is 2.16. The summed E-state index contributed by atoms with van der Waals surface area (Å²) in [6.45, 7) is 1.69. The first kappa shape index (κ1) is 15.2. The van der Waals surface area contributed by atoms with E-state index in [-0.39, 0.29) is 6.10 Å². The number of aryl methyl sites for hydroxylation is 1. The molecule has 0 radical (unpaired) electrons. The predicted molar refractivity (Wildman–Crippen MR) is 88.9 cm³/mol. The molecule has 0 spiro atoms. The van der Waals surface area contributed by atoms with E-state index in [1.54, 1.807) is 7.11 Å². The third-order valence-corrected chi connectivity index (χ3v) is 4.20. The fourth-order valence-electron chi connectivity index (χ4n) is 2.71. The molecule has 0 saturated carbocycles. The van der Waals surface area contributed by atoms with E-state index in [0.29, 0.717) is 10.8 Å². The van der Waals surface area contributed by atoms with Gasteiger partial charge in [-0.25, -0.2) is 0 Å². The molecule has 1 aliphatic heterocycles. The Balaban J connectivity index is 1.57. The molecular weight excluding hydrogens is 298 g/mol. The second-order valence-corrected chi connectivity index (χ2v) is 5.90. The van der Waals surface area contributed by atoms with Gasteiger partial charge in [0.1, 0.15) is 17.6 Å². The zero-order valence-electron chi connectivity index (χ0n) is 12.6. The van der Waals surface area contributed by atoms with Gasteiger partial charge < -0.3 is 14.8 Å². The third kappa shape index (κ3) is 3.54. The summed E-state index contributed by atoms with van der Waals surface area (Å²) in [5.74, 6) is 1.55. The average molecular weight is 318 g/mol. The van der Waals surface area contributed by atoms with Crippen LogP contribution < -0.4 is 14.8 Å². The van der Waals surface area contributed by atoms with Gasteiger partial charge in [0.2, 0.25) is 0 Å². The number of hydrogen-bond acceptors (Lipinski definition) is 3. The molecule has 1 aliphatic rings. The Bertz CT molecular complexity index is 630. The van der Waals surface area contributed by atoms with E-state index in [0.717, 1.165) is 37.2 Å². The molecule has 1 N–H and O–H groups in total. The van der Waals surface area contributed by atoms with Gasteiger partial charge in [0.15, 0.2) is 0 Å². The number of benzene rings is 2. The maximum Gasteiger partial charge on any atom is 0.141 e. The first-order valence-corrected chi connectivity index (χ1v) is 7.92. The van der Waals surface area contributed by atoms with E-state index in [1.165, 1.54) is 5.56 Å². The summed E-state index contributed by atoms with van der Waals surface area (Å²) in [6, 6.07) is 14.2. The molecule has 2 aromatic carbocycles. The molecule has 0 amide bonds. The highest BCUT2D eigenvalue weighted by Gasteiger charge is 2.21. The molecule has 116 valence electrons. The summed E-state index contributed by atoms with van der Waals surface area (Å²) in [5, 5.41) is 4.10. The minimum atomic E-state index is 0.182. The van der Waals surface area contributed by atoms with Gasteiger partial charge in [-0.2, -0.15) is 0 Å². The van der Waals surface area contributed by atoms with Crippen molar-refractivity contribution in [3.8, 4) is 11.5 Å². The number of halogens is 1. The van der Waals surface area contributed by atoms with Crippen LogP contribution in [0.15, 0.2) is 42.5 Å². The molecular formula is C18H20ClNO2. The van der Waals surface area contributed by atoms with E-state index in [9.17, 15) is 0 Å². The number of hydrogen-bond donors (Lipinski definition) is 1. The van der Waals surface area contributed by atoms with Gasteiger partial charge in [-0.05, 0) is 30.0 Å². The Morgan fingerprint density at radius 3 is 2.86 bits per heavy atom. The van der Waals surface area contributed by atoms with E-state index >= 15 is 0 Å². The zero-order chi connectivity index (χ0) is 15.4. The Kier molecular flexibility index (Phi) is 4.86. The lowest BCUT2D eigenvalue weighted by Gasteiger charge is -2.27. The SMILES string of the molecule is COc1cc2c(cc1Cl)CC[C@H](CNCc1ccccc1)O2. The van der Waals surface area contributed by atoms with Crippen molar-refractivity contribution >= 4 is 11.6 Å². The minimum Gasteiger partial charge on any atom is -0.495 e. The molecule has 0 aliphatic carbocycles. The molecule has 0 aromatic heterocycles. The van der Waals surface area contributed by atoms with Crippen molar-refractivity contribution in [3.05, 3.63) is 58.6 Å². The van der Waals surface area contributed by atoms with Gasteiger partial charge in [0.25, 0.3) is 0 Å². The first-order valence-electron chi connectivity index (χ1n) is 7.54. The molecule has 0 fully saturated rings. The Labute approximate surface area is 136 Å². The van der Waals surface area contributed by atoms with Crippen molar-refractivity contribution in [3.63, 3.8) is 0 Å².